The second-order valence-corrected chi connectivity index (χ2v) is 7.20. The predicted molar refractivity (Wildman–Crippen MR) is 105 cm³/mol. The van der Waals surface area contributed by atoms with Gasteiger partial charge in [-0.1, -0.05) is 43.3 Å². The van der Waals surface area contributed by atoms with Crippen molar-refractivity contribution < 1.29 is 23.1 Å². The maximum absolute atomic E-state index is 14.5. The molecule has 0 heterocycles. The van der Waals surface area contributed by atoms with Crippen molar-refractivity contribution >= 4 is 18.5 Å². The van der Waals surface area contributed by atoms with Crippen LogP contribution in [0.4, 0.5) is 13.2 Å². The van der Waals surface area contributed by atoms with Gasteiger partial charge in [-0.2, -0.15) is 0 Å². The summed E-state index contributed by atoms with van der Waals surface area (Å²) in [6.45, 7) is 2.87. The predicted octanol–water partition coefficient (Wildman–Crippen LogP) is 3.54. The lowest BCUT2D eigenvalue weighted by molar-refractivity contribution is -0.0592. The number of aliphatic hydroxyl groups excluding tert-OH is 1. The maximum atomic E-state index is 14.5. The minimum atomic E-state index is -3.01. The van der Waals surface area contributed by atoms with Gasteiger partial charge in [0.25, 0.3) is 12.3 Å². The van der Waals surface area contributed by atoms with Gasteiger partial charge in [-0.3, -0.25) is 10.1 Å². The van der Waals surface area contributed by atoms with Crippen molar-refractivity contribution in [2.45, 2.75) is 37.4 Å². The Morgan fingerprint density at radius 2 is 1.68 bits per heavy atom. The highest BCUT2D eigenvalue weighted by atomic mass is 32.1. The molecule has 0 aromatic heterocycles. The van der Waals surface area contributed by atoms with Gasteiger partial charge in [0.05, 0.1) is 5.54 Å². The van der Waals surface area contributed by atoms with E-state index in [0.717, 1.165) is 0 Å². The van der Waals surface area contributed by atoms with Crippen LogP contribution in [0.2, 0.25) is 0 Å². The summed E-state index contributed by atoms with van der Waals surface area (Å²) in [6.07, 6.45) is -5.03. The quantitative estimate of drug-likeness (QED) is 0.396. The molecule has 0 aliphatic carbocycles. The van der Waals surface area contributed by atoms with Crippen LogP contribution in [0.25, 0.3) is 0 Å². The number of nitrogens with one attached hydrogen (secondary N) is 2. The molecular formula is C20H23F3N2O2S. The first-order valence-electron chi connectivity index (χ1n) is 8.69. The highest BCUT2D eigenvalue weighted by Crippen LogP contribution is 2.35. The molecular weight excluding hydrogens is 389 g/mol. The Morgan fingerprint density at radius 3 is 2.25 bits per heavy atom. The number of rotatable bonds is 8. The van der Waals surface area contributed by atoms with Gasteiger partial charge in [0.2, 0.25) is 0 Å². The summed E-state index contributed by atoms with van der Waals surface area (Å²) < 4.78 is 40.7. The number of carbonyl (C=O) groups excluding carboxylic acids is 1. The molecule has 2 aromatic carbocycles. The topological polar surface area (TPSA) is 61.4 Å². The van der Waals surface area contributed by atoms with Crippen LogP contribution in [-0.2, 0) is 5.54 Å². The second kappa shape index (κ2) is 9.45. The van der Waals surface area contributed by atoms with Crippen LogP contribution in [0.3, 0.4) is 0 Å². The Labute approximate surface area is 167 Å². The Balaban J connectivity index is 2.29. The van der Waals surface area contributed by atoms with Crippen molar-refractivity contribution in [2.24, 2.45) is 5.92 Å². The van der Waals surface area contributed by atoms with E-state index in [1.54, 1.807) is 36.4 Å². The van der Waals surface area contributed by atoms with E-state index in [4.69, 9.17) is 0 Å². The Bertz CT molecular complexity index is 794. The molecule has 1 amide bonds. The summed E-state index contributed by atoms with van der Waals surface area (Å²) in [5.74, 6) is -2.17. The number of benzene rings is 2. The van der Waals surface area contributed by atoms with Crippen LogP contribution in [0, 0.1) is 11.7 Å². The number of alkyl halides is 2. The van der Waals surface area contributed by atoms with Crippen molar-refractivity contribution in [2.75, 3.05) is 0 Å². The fourth-order valence-electron chi connectivity index (χ4n) is 3.01. The van der Waals surface area contributed by atoms with Gasteiger partial charge >= 0.3 is 0 Å². The number of amides is 1. The third-order valence-electron chi connectivity index (χ3n) is 4.85. The number of carbonyl (C=O) groups is 1. The van der Waals surface area contributed by atoms with Gasteiger partial charge in [-0.15, -0.1) is 12.6 Å². The molecule has 2 aromatic rings. The van der Waals surface area contributed by atoms with Gasteiger partial charge in [0.1, 0.15) is 17.4 Å². The van der Waals surface area contributed by atoms with Gasteiger partial charge in [-0.05, 0) is 25.1 Å². The lowest BCUT2D eigenvalue weighted by atomic mass is 9.77. The first-order chi connectivity index (χ1) is 13.2. The number of thiol groups is 1. The third kappa shape index (κ3) is 5.06. The normalized spacial score (nSPS) is 16.9. The highest BCUT2D eigenvalue weighted by Gasteiger charge is 2.43. The van der Waals surface area contributed by atoms with Crippen LogP contribution >= 0.6 is 12.6 Å². The molecule has 8 heteroatoms. The van der Waals surface area contributed by atoms with E-state index in [-0.39, 0.29) is 5.56 Å². The van der Waals surface area contributed by atoms with E-state index in [2.05, 4.69) is 23.3 Å². The van der Waals surface area contributed by atoms with Crippen molar-refractivity contribution in [1.82, 2.24) is 10.6 Å². The second-order valence-electron chi connectivity index (χ2n) is 6.68. The first-order valence-corrected chi connectivity index (χ1v) is 9.21. The fraction of sp³-hybridized carbons (Fsp3) is 0.350. The molecule has 28 heavy (non-hydrogen) atoms. The number of halogens is 3. The smallest absolute Gasteiger partial charge is 0.264 e. The minimum Gasteiger partial charge on any atom is -0.387 e. The Hall–Kier alpha value is -2.03. The molecule has 3 N–H and O–H groups in total. The van der Waals surface area contributed by atoms with E-state index < -0.39 is 41.2 Å². The summed E-state index contributed by atoms with van der Waals surface area (Å²) in [7, 11) is 0. The summed E-state index contributed by atoms with van der Waals surface area (Å²) in [5, 5.41) is 15.4. The number of hydrogen-bond acceptors (Lipinski definition) is 4. The maximum Gasteiger partial charge on any atom is 0.264 e. The lowest BCUT2D eigenvalue weighted by Crippen LogP contribution is -2.57. The molecule has 0 fully saturated rings. The van der Waals surface area contributed by atoms with Gasteiger partial charge in [0, 0.05) is 17.0 Å². The average Bonchev–Trinajstić information content (AvgIpc) is 2.67. The summed E-state index contributed by atoms with van der Waals surface area (Å²) in [6, 6.07) is 14.0. The van der Waals surface area contributed by atoms with Gasteiger partial charge in [0.15, 0.2) is 0 Å². The van der Waals surface area contributed by atoms with E-state index >= 15 is 0 Å². The Kier molecular flexibility index (Phi) is 7.51. The summed E-state index contributed by atoms with van der Waals surface area (Å²) >= 11 is 4.28. The van der Waals surface area contributed by atoms with E-state index in [1.165, 1.54) is 32.0 Å². The lowest BCUT2D eigenvalue weighted by Gasteiger charge is -2.41. The number of aliphatic hydroxyl groups is 1. The molecule has 0 saturated carbocycles. The summed E-state index contributed by atoms with van der Waals surface area (Å²) in [5.41, 5.74) is -1.98. The molecule has 0 aliphatic heterocycles. The average molecular weight is 412 g/mol. The number of hydrogen-bond donors (Lipinski definition) is 4. The standard InChI is InChI=1S/C20H23F3N2O2S/c1-12(16(26)17(22)23)20(2,14-10-6-7-11-15(14)21)25-19(28)24-18(27)13-8-4-3-5-9-13/h3-12,16-17,19,25-26,28H,1-2H3,(H,24,27). The molecule has 152 valence electrons. The molecule has 0 saturated heterocycles. The SMILES string of the molecule is CC(C(O)C(F)F)C(C)(NC(S)NC(=O)c1ccccc1)c1ccccc1F. The van der Waals surface area contributed by atoms with Crippen LogP contribution in [0.1, 0.15) is 29.8 Å². The van der Waals surface area contributed by atoms with Crippen molar-refractivity contribution in [3.63, 3.8) is 0 Å². The molecule has 4 nitrogen and oxygen atoms in total. The van der Waals surface area contributed by atoms with Gasteiger partial charge in [-0.25, -0.2) is 13.2 Å². The highest BCUT2D eigenvalue weighted by molar-refractivity contribution is 7.80. The van der Waals surface area contributed by atoms with E-state index in [1.807, 2.05) is 0 Å². The zero-order chi connectivity index (χ0) is 20.9. The zero-order valence-corrected chi connectivity index (χ0v) is 16.3. The minimum absolute atomic E-state index is 0.0789. The monoisotopic (exact) mass is 412 g/mol. The molecule has 2 rings (SSSR count). The van der Waals surface area contributed by atoms with Crippen molar-refractivity contribution in [1.29, 1.82) is 0 Å². The van der Waals surface area contributed by atoms with Crippen molar-refractivity contribution in [3.05, 3.63) is 71.5 Å². The van der Waals surface area contributed by atoms with Crippen LogP contribution in [0.5, 0.6) is 0 Å². The molecule has 0 aliphatic rings. The van der Waals surface area contributed by atoms with Crippen LogP contribution in [-0.4, -0.2) is 29.0 Å². The molecule has 4 unspecified atom stereocenters. The fourth-order valence-corrected chi connectivity index (χ4v) is 3.40. The largest absolute Gasteiger partial charge is 0.387 e. The molecule has 0 spiro atoms. The van der Waals surface area contributed by atoms with Gasteiger partial charge < -0.3 is 10.4 Å². The third-order valence-corrected chi connectivity index (χ3v) is 5.11. The van der Waals surface area contributed by atoms with Crippen molar-refractivity contribution in [3.8, 4) is 0 Å². The molecule has 0 bridgehead atoms. The van der Waals surface area contributed by atoms with Crippen LogP contribution in [0.15, 0.2) is 54.6 Å². The first kappa shape index (κ1) is 22.3. The van der Waals surface area contributed by atoms with E-state index in [9.17, 15) is 23.1 Å². The molecule has 0 radical (unpaired) electrons. The zero-order valence-electron chi connectivity index (χ0n) is 15.4. The van der Waals surface area contributed by atoms with Crippen LogP contribution < -0.4 is 10.6 Å². The Morgan fingerprint density at radius 1 is 1.11 bits per heavy atom. The summed E-state index contributed by atoms with van der Waals surface area (Å²) in [4.78, 5) is 12.3. The van der Waals surface area contributed by atoms with E-state index in [0.29, 0.717) is 5.56 Å². The molecule has 4 atom stereocenters.